The van der Waals surface area contributed by atoms with Crippen LogP contribution in [0.15, 0.2) is 0 Å². The molecule has 0 aliphatic heterocycles. The van der Waals surface area contributed by atoms with E-state index >= 15 is 0 Å². The molecule has 0 aromatic rings. The van der Waals surface area contributed by atoms with Gasteiger partial charge in [0.2, 0.25) is 5.91 Å². The van der Waals surface area contributed by atoms with Crippen LogP contribution in [0.1, 0.15) is 39.5 Å². The molecule has 0 bridgehead atoms. The van der Waals surface area contributed by atoms with Crippen molar-refractivity contribution in [3.8, 4) is 0 Å². The van der Waals surface area contributed by atoms with Crippen molar-refractivity contribution in [3.05, 3.63) is 0 Å². The van der Waals surface area contributed by atoms with Crippen LogP contribution in [0, 0.1) is 0 Å². The first-order valence-electron chi connectivity index (χ1n) is 6.82. The summed E-state index contributed by atoms with van der Waals surface area (Å²) in [5, 5.41) is 8.94. The van der Waals surface area contributed by atoms with E-state index in [1.54, 1.807) is 4.90 Å². The molecule has 0 radical (unpaired) electrons. The molecule has 5 heteroatoms. The van der Waals surface area contributed by atoms with E-state index in [1.807, 2.05) is 18.7 Å². The van der Waals surface area contributed by atoms with Crippen LogP contribution >= 0.6 is 0 Å². The number of hydrogen-bond acceptors (Lipinski definition) is 3. The first kappa shape index (κ1) is 15.0. The van der Waals surface area contributed by atoms with Crippen LogP contribution in [0.2, 0.25) is 0 Å². The third-order valence-corrected chi connectivity index (χ3v) is 3.63. The zero-order chi connectivity index (χ0) is 13.5. The number of carbonyl (C=O) groups excluding carboxylic acids is 1. The first-order chi connectivity index (χ1) is 8.58. The van der Waals surface area contributed by atoms with Crippen molar-refractivity contribution in [2.24, 2.45) is 0 Å². The van der Waals surface area contributed by atoms with Gasteiger partial charge in [-0.3, -0.25) is 14.5 Å². The molecule has 104 valence electrons. The number of amides is 1. The molecule has 1 rings (SSSR count). The van der Waals surface area contributed by atoms with E-state index < -0.39 is 5.97 Å². The number of carboxylic acids is 1. The monoisotopic (exact) mass is 256 g/mol. The summed E-state index contributed by atoms with van der Waals surface area (Å²) in [6.45, 7) is 5.45. The lowest BCUT2D eigenvalue weighted by molar-refractivity contribution is -0.140. The van der Waals surface area contributed by atoms with Gasteiger partial charge in [0.15, 0.2) is 0 Å². The Morgan fingerprint density at radius 1 is 1.11 bits per heavy atom. The molecule has 0 aromatic heterocycles. The van der Waals surface area contributed by atoms with Gasteiger partial charge >= 0.3 is 5.97 Å². The van der Waals surface area contributed by atoms with Gasteiger partial charge in [0.05, 0.1) is 13.1 Å². The molecule has 1 N–H and O–H groups in total. The van der Waals surface area contributed by atoms with Crippen molar-refractivity contribution < 1.29 is 14.7 Å². The number of carboxylic acid groups (broad SMARTS) is 1. The van der Waals surface area contributed by atoms with E-state index in [-0.39, 0.29) is 25.0 Å². The highest BCUT2D eigenvalue weighted by Crippen LogP contribution is 2.23. The molecular weight excluding hydrogens is 232 g/mol. The Kier molecular flexibility index (Phi) is 6.12. The van der Waals surface area contributed by atoms with Crippen LogP contribution < -0.4 is 0 Å². The van der Waals surface area contributed by atoms with Crippen molar-refractivity contribution in [1.82, 2.24) is 9.80 Å². The number of rotatable bonds is 7. The summed E-state index contributed by atoms with van der Waals surface area (Å²) in [6.07, 6.45) is 4.30. The summed E-state index contributed by atoms with van der Waals surface area (Å²) < 4.78 is 0. The number of hydrogen-bond donors (Lipinski definition) is 1. The fourth-order valence-corrected chi connectivity index (χ4v) is 2.61. The standard InChI is InChI=1S/C13H24N2O3/c1-3-14(4-2)12(16)9-15(10-13(17)18)11-7-5-6-8-11/h11H,3-10H2,1-2H3,(H,17,18). The maximum Gasteiger partial charge on any atom is 0.317 e. The van der Waals surface area contributed by atoms with Gasteiger partial charge in [0, 0.05) is 19.1 Å². The van der Waals surface area contributed by atoms with Crippen molar-refractivity contribution >= 4 is 11.9 Å². The molecule has 0 atom stereocenters. The highest BCUT2D eigenvalue weighted by Gasteiger charge is 2.26. The first-order valence-corrected chi connectivity index (χ1v) is 6.82. The van der Waals surface area contributed by atoms with Gasteiger partial charge < -0.3 is 10.0 Å². The quantitative estimate of drug-likeness (QED) is 0.743. The SMILES string of the molecule is CCN(CC)C(=O)CN(CC(=O)O)C1CCCC1. The minimum absolute atomic E-state index is 0.0301. The number of nitrogens with zero attached hydrogens (tertiary/aromatic N) is 2. The Morgan fingerprint density at radius 3 is 2.11 bits per heavy atom. The summed E-state index contributed by atoms with van der Waals surface area (Å²) in [5.74, 6) is -0.817. The van der Waals surface area contributed by atoms with Crippen LogP contribution in [0.5, 0.6) is 0 Å². The van der Waals surface area contributed by atoms with Gasteiger partial charge in [-0.2, -0.15) is 0 Å². The second-order valence-corrected chi connectivity index (χ2v) is 4.80. The summed E-state index contributed by atoms with van der Waals surface area (Å²) in [5.41, 5.74) is 0. The molecule has 0 heterocycles. The summed E-state index contributed by atoms with van der Waals surface area (Å²) in [7, 11) is 0. The molecule has 0 saturated heterocycles. The lowest BCUT2D eigenvalue weighted by Gasteiger charge is -2.29. The van der Waals surface area contributed by atoms with Crippen molar-refractivity contribution in [2.75, 3.05) is 26.2 Å². The van der Waals surface area contributed by atoms with Crippen LogP contribution in [0.3, 0.4) is 0 Å². The Morgan fingerprint density at radius 2 is 1.67 bits per heavy atom. The maximum absolute atomic E-state index is 12.0. The molecule has 18 heavy (non-hydrogen) atoms. The lowest BCUT2D eigenvalue weighted by atomic mass is 10.2. The van der Waals surface area contributed by atoms with Gasteiger partial charge in [0.25, 0.3) is 0 Å². The zero-order valence-corrected chi connectivity index (χ0v) is 11.4. The second kappa shape index (κ2) is 7.36. The third-order valence-electron chi connectivity index (χ3n) is 3.63. The van der Waals surface area contributed by atoms with E-state index in [0.29, 0.717) is 13.1 Å². The number of carbonyl (C=O) groups is 2. The Hall–Kier alpha value is -1.10. The van der Waals surface area contributed by atoms with Gasteiger partial charge in [0.1, 0.15) is 0 Å². The Labute approximate surface area is 109 Å². The van der Waals surface area contributed by atoms with Crippen LogP contribution in [0.25, 0.3) is 0 Å². The predicted molar refractivity (Wildman–Crippen MR) is 69.4 cm³/mol. The minimum atomic E-state index is -0.853. The van der Waals surface area contributed by atoms with Crippen LogP contribution in [-0.2, 0) is 9.59 Å². The van der Waals surface area contributed by atoms with Gasteiger partial charge in [-0.1, -0.05) is 12.8 Å². The highest BCUT2D eigenvalue weighted by atomic mass is 16.4. The molecule has 0 spiro atoms. The smallest absolute Gasteiger partial charge is 0.317 e. The topological polar surface area (TPSA) is 60.9 Å². The highest BCUT2D eigenvalue weighted by molar-refractivity contribution is 5.79. The predicted octanol–water partition coefficient (Wildman–Crippen LogP) is 1.18. The molecule has 1 amide bonds. The van der Waals surface area contributed by atoms with Gasteiger partial charge in [-0.05, 0) is 26.7 Å². The number of likely N-dealkylation sites (N-methyl/N-ethyl adjacent to an activating group) is 1. The molecule has 5 nitrogen and oxygen atoms in total. The van der Waals surface area contributed by atoms with Crippen molar-refractivity contribution in [3.63, 3.8) is 0 Å². The average molecular weight is 256 g/mol. The third kappa shape index (κ3) is 4.29. The van der Waals surface area contributed by atoms with Gasteiger partial charge in [-0.25, -0.2) is 0 Å². The maximum atomic E-state index is 12.0. The molecular formula is C13H24N2O3. The van der Waals surface area contributed by atoms with Crippen molar-refractivity contribution in [1.29, 1.82) is 0 Å². The average Bonchev–Trinajstić information content (AvgIpc) is 2.82. The molecule has 0 unspecified atom stereocenters. The Balaban J connectivity index is 2.59. The molecule has 0 aromatic carbocycles. The molecule has 1 aliphatic rings. The lowest BCUT2D eigenvalue weighted by Crippen LogP contribution is -2.45. The second-order valence-electron chi connectivity index (χ2n) is 4.80. The minimum Gasteiger partial charge on any atom is -0.480 e. The Bertz CT molecular complexity index is 284. The normalized spacial score (nSPS) is 16.2. The fraction of sp³-hybridized carbons (Fsp3) is 0.846. The van der Waals surface area contributed by atoms with Crippen molar-refractivity contribution in [2.45, 2.75) is 45.6 Å². The van der Waals surface area contributed by atoms with Gasteiger partial charge in [-0.15, -0.1) is 0 Å². The zero-order valence-electron chi connectivity index (χ0n) is 11.4. The van der Waals surface area contributed by atoms with E-state index in [4.69, 9.17) is 5.11 Å². The van der Waals surface area contributed by atoms with E-state index in [2.05, 4.69) is 0 Å². The molecule has 1 aliphatic carbocycles. The van der Waals surface area contributed by atoms with E-state index in [9.17, 15) is 9.59 Å². The largest absolute Gasteiger partial charge is 0.480 e. The summed E-state index contributed by atoms with van der Waals surface area (Å²) in [6, 6.07) is 0.264. The van der Waals surface area contributed by atoms with E-state index in [1.165, 1.54) is 0 Å². The fourth-order valence-electron chi connectivity index (χ4n) is 2.61. The number of aliphatic carboxylic acids is 1. The molecule has 1 saturated carbocycles. The van der Waals surface area contributed by atoms with Crippen LogP contribution in [-0.4, -0.2) is 59.0 Å². The van der Waals surface area contributed by atoms with E-state index in [0.717, 1.165) is 25.7 Å². The van der Waals surface area contributed by atoms with Crippen LogP contribution in [0.4, 0.5) is 0 Å². The molecule has 1 fully saturated rings. The summed E-state index contributed by atoms with van der Waals surface area (Å²) >= 11 is 0. The summed E-state index contributed by atoms with van der Waals surface area (Å²) in [4.78, 5) is 26.5.